The monoisotopic (exact) mass is 1140 g/mol. The van der Waals surface area contributed by atoms with Crippen LogP contribution in [0.5, 0.6) is 0 Å². The summed E-state index contributed by atoms with van der Waals surface area (Å²) in [5.74, 6) is 11.1. The van der Waals surface area contributed by atoms with Crippen molar-refractivity contribution in [2.75, 3.05) is 19.6 Å². The number of aliphatic imine (C=N–C) groups is 1. The van der Waals surface area contributed by atoms with Crippen LogP contribution in [0.4, 0.5) is 23.1 Å². The quantitative estimate of drug-likeness (QED) is 0.0787. The molecule has 3 aliphatic carbocycles. The first-order chi connectivity index (χ1) is 41.7. The molecule has 11 heterocycles. The van der Waals surface area contributed by atoms with Crippen molar-refractivity contribution in [1.82, 2.24) is 88.1 Å². The molecule has 8 aromatic heterocycles. The highest BCUT2D eigenvalue weighted by Crippen LogP contribution is 2.48. The Morgan fingerprint density at radius 2 is 1.09 bits per heavy atom. The molecule has 0 bridgehead atoms. The van der Waals surface area contributed by atoms with Gasteiger partial charge in [0, 0.05) is 67.3 Å². The second-order valence-electron chi connectivity index (χ2n) is 23.7. The molecular formula is C61H70N24. The molecule has 15 rings (SSSR count). The smallest absolute Gasteiger partial charge is 0.237 e. The zero-order chi connectivity index (χ0) is 57.6. The highest BCUT2D eigenvalue weighted by Gasteiger charge is 2.46. The normalized spacial score (nSPS) is 22.8. The molecule has 0 saturated heterocycles. The summed E-state index contributed by atoms with van der Waals surface area (Å²) in [6, 6.07) is 10.4. The van der Waals surface area contributed by atoms with E-state index in [0.717, 1.165) is 151 Å². The average molecular weight is 1140 g/mol. The number of hydrogen-bond donors (Lipinski definition) is 1. The summed E-state index contributed by atoms with van der Waals surface area (Å²) in [5, 5.41) is 29.4. The highest BCUT2D eigenvalue weighted by molar-refractivity contribution is 6.17. The van der Waals surface area contributed by atoms with Gasteiger partial charge in [0.2, 0.25) is 17.8 Å². The van der Waals surface area contributed by atoms with Gasteiger partial charge in [0.25, 0.3) is 0 Å². The number of hydrogen-bond acceptors (Lipinski definition) is 18. The largest absolute Gasteiger partial charge is 0.342 e. The van der Waals surface area contributed by atoms with Crippen LogP contribution in [0.1, 0.15) is 151 Å². The third kappa shape index (κ3) is 8.70. The molecule has 434 valence electrons. The zero-order valence-corrected chi connectivity index (χ0v) is 49.0. The van der Waals surface area contributed by atoms with Gasteiger partial charge in [-0.05, 0) is 97.3 Å². The van der Waals surface area contributed by atoms with Gasteiger partial charge in [-0.1, -0.05) is 63.9 Å². The van der Waals surface area contributed by atoms with Gasteiger partial charge in [-0.25, -0.2) is 29.9 Å². The van der Waals surface area contributed by atoms with Crippen LogP contribution in [0.2, 0.25) is 0 Å². The maximum Gasteiger partial charge on any atom is 0.237 e. The summed E-state index contributed by atoms with van der Waals surface area (Å²) in [4.78, 5) is 59.5. The Hall–Kier alpha value is -9.09. The van der Waals surface area contributed by atoms with E-state index in [9.17, 15) is 5.41 Å². The molecule has 7 unspecified atom stereocenters. The van der Waals surface area contributed by atoms with Crippen molar-refractivity contribution in [1.29, 1.82) is 5.41 Å². The van der Waals surface area contributed by atoms with Gasteiger partial charge in [-0.15, -0.1) is 20.4 Å². The topological polar surface area (TPSA) is 241 Å². The Kier molecular flexibility index (Phi) is 13.1. The van der Waals surface area contributed by atoms with Gasteiger partial charge in [0.1, 0.15) is 52.0 Å². The second-order valence-corrected chi connectivity index (χ2v) is 23.7. The number of amidine groups is 1. The summed E-state index contributed by atoms with van der Waals surface area (Å²) in [7, 11) is 0. The third-order valence-electron chi connectivity index (χ3n) is 18.9. The number of benzene rings is 1. The van der Waals surface area contributed by atoms with Crippen molar-refractivity contribution >= 4 is 35.3 Å². The van der Waals surface area contributed by atoms with E-state index < -0.39 is 0 Å². The van der Waals surface area contributed by atoms with Crippen LogP contribution in [-0.2, 0) is 6.42 Å². The van der Waals surface area contributed by atoms with Crippen LogP contribution in [0.15, 0.2) is 91.1 Å². The molecule has 0 spiro atoms. The number of fused-ring (bicyclic) bond motifs is 7. The van der Waals surface area contributed by atoms with Gasteiger partial charge in [0.05, 0.1) is 49.1 Å². The summed E-state index contributed by atoms with van der Waals surface area (Å²) in [6.07, 6.45) is 32.0. The summed E-state index contributed by atoms with van der Waals surface area (Å²) in [6.45, 7) is 12.6. The number of imidazole rings is 3. The SMILES string of the molecule is CCC1C(=N)N(C=NC2CCC(N3c4nc(-n5ccnc5-c5ccccc5)ncc4-n4c(C)nnc4C3CC)C2)c2cnc(-n3ccnc3C)nc2N1C1CCC(Cc2nnc3n2-c2cnc(-n4ccnc4C)nc2N(C2CCCC2)C3CC)C1. The minimum atomic E-state index is -0.265. The minimum Gasteiger partial charge on any atom is -0.342 e. The number of anilines is 4. The lowest BCUT2D eigenvalue weighted by molar-refractivity contribution is 0.461. The maximum absolute atomic E-state index is 10.1. The molecule has 3 saturated carbocycles. The molecule has 9 aromatic rings. The predicted octanol–water partition coefficient (Wildman–Crippen LogP) is 9.30. The molecule has 6 aliphatic rings. The molecule has 1 N–H and O–H groups in total. The van der Waals surface area contributed by atoms with E-state index >= 15 is 0 Å². The van der Waals surface area contributed by atoms with Crippen molar-refractivity contribution in [3.05, 3.63) is 121 Å². The molecule has 0 amide bonds. The Morgan fingerprint density at radius 1 is 0.541 bits per heavy atom. The lowest BCUT2D eigenvalue weighted by atomic mass is 9.99. The Balaban J connectivity index is 0.719. The number of nitrogens with zero attached hydrogens (tertiary/aromatic N) is 23. The molecule has 0 radical (unpaired) electrons. The predicted molar refractivity (Wildman–Crippen MR) is 322 cm³/mol. The summed E-state index contributed by atoms with van der Waals surface area (Å²) >= 11 is 0. The van der Waals surface area contributed by atoms with E-state index in [1.165, 1.54) is 12.8 Å². The standard InChI is InChI=1S/C61H70N24/c1-7-45-52(62)80(35-69-41-20-22-44(31-41)84-46(8-2)57-75-73-38(6)81(57)49-33-68-61(72-55(49)84)79-28-25-65-53(79)40-15-11-10-12-16-40)48-32-66-59(77-26-23-63-36(77)4)70-54(48)83(45)43-21-19-39(29-43)30-51-74-76-58-47(9-3)82(42-17-13-14-18-42)56-50(85(51)58)34-67-60(71-56)78-27-24-64-37(78)5/h10-12,15-16,23-28,32-35,39,41-47,62H,7-9,13-14,17-22,29-31H2,1-6H3. The van der Waals surface area contributed by atoms with Gasteiger partial charge >= 0.3 is 0 Å². The van der Waals surface area contributed by atoms with Crippen LogP contribution < -0.4 is 19.6 Å². The van der Waals surface area contributed by atoms with E-state index in [-0.39, 0.29) is 36.3 Å². The van der Waals surface area contributed by atoms with Gasteiger partial charge in [-0.2, -0.15) is 15.0 Å². The van der Waals surface area contributed by atoms with Crippen LogP contribution in [0.25, 0.3) is 40.6 Å². The van der Waals surface area contributed by atoms with Crippen molar-refractivity contribution in [3.63, 3.8) is 0 Å². The molecule has 24 nitrogen and oxygen atoms in total. The van der Waals surface area contributed by atoms with Crippen molar-refractivity contribution in [2.24, 2.45) is 10.9 Å². The number of aromatic nitrogens is 18. The Bertz CT molecular complexity index is 3990. The fourth-order valence-corrected chi connectivity index (χ4v) is 14.8. The first-order valence-electron chi connectivity index (χ1n) is 30.5. The lowest BCUT2D eigenvalue weighted by Gasteiger charge is -2.45. The zero-order valence-electron chi connectivity index (χ0n) is 49.0. The molecule has 7 atom stereocenters. The van der Waals surface area contributed by atoms with Crippen molar-refractivity contribution < 1.29 is 0 Å². The molecule has 24 heteroatoms. The lowest BCUT2D eigenvalue weighted by Crippen LogP contribution is -2.56. The molecule has 3 fully saturated rings. The van der Waals surface area contributed by atoms with Crippen LogP contribution in [0, 0.1) is 32.1 Å². The molecule has 85 heavy (non-hydrogen) atoms. The highest BCUT2D eigenvalue weighted by atomic mass is 15.4. The molecular weight excluding hydrogens is 1070 g/mol. The third-order valence-corrected chi connectivity index (χ3v) is 18.9. The van der Waals surface area contributed by atoms with Crippen molar-refractivity contribution in [2.45, 2.75) is 174 Å². The molecule has 3 aliphatic heterocycles. The van der Waals surface area contributed by atoms with Gasteiger partial charge in [-0.3, -0.25) is 38.1 Å². The van der Waals surface area contributed by atoms with E-state index in [1.54, 1.807) is 18.6 Å². The van der Waals surface area contributed by atoms with Gasteiger partial charge in [0.15, 0.2) is 29.1 Å². The minimum absolute atomic E-state index is 0.0198. The fraction of sp³-hybridized carbons (Fsp3) is 0.459. The van der Waals surface area contributed by atoms with Crippen LogP contribution in [-0.4, -0.2) is 130 Å². The van der Waals surface area contributed by atoms with Crippen LogP contribution >= 0.6 is 0 Å². The van der Waals surface area contributed by atoms with Crippen LogP contribution in [0.3, 0.4) is 0 Å². The second kappa shape index (κ2) is 21.2. The average Bonchev–Trinajstić information content (AvgIpc) is 2.24. The van der Waals surface area contributed by atoms with Crippen molar-refractivity contribution in [3.8, 4) is 40.6 Å². The molecule has 1 aromatic carbocycles. The first-order valence-corrected chi connectivity index (χ1v) is 30.5. The van der Waals surface area contributed by atoms with E-state index in [2.05, 4.69) is 71.8 Å². The van der Waals surface area contributed by atoms with E-state index in [0.29, 0.717) is 42.1 Å². The maximum atomic E-state index is 10.1. The number of nitrogens with one attached hydrogen (secondary N) is 1. The Morgan fingerprint density at radius 3 is 1.75 bits per heavy atom. The number of aryl methyl sites for hydroxylation is 3. The summed E-state index contributed by atoms with van der Waals surface area (Å²) in [5.41, 5.74) is 3.52. The fourth-order valence-electron chi connectivity index (χ4n) is 14.8. The Labute approximate surface area is 492 Å². The van der Waals surface area contributed by atoms with E-state index in [4.69, 9.17) is 55.2 Å². The summed E-state index contributed by atoms with van der Waals surface area (Å²) < 4.78 is 10.2. The van der Waals surface area contributed by atoms with Gasteiger partial charge < -0.3 is 14.7 Å². The number of rotatable bonds is 14. The first kappa shape index (κ1) is 52.7. The van der Waals surface area contributed by atoms with E-state index in [1.807, 2.05) is 101 Å².